The van der Waals surface area contributed by atoms with Crippen LogP contribution in [0.15, 0.2) is 12.1 Å². The number of amides is 2. The zero-order chi connectivity index (χ0) is 15.0. The Hall–Kier alpha value is -1.92. The van der Waals surface area contributed by atoms with Gasteiger partial charge in [-0.25, -0.2) is 0 Å². The molecule has 0 radical (unpaired) electrons. The van der Waals surface area contributed by atoms with Crippen LogP contribution in [0.2, 0.25) is 0 Å². The van der Waals surface area contributed by atoms with E-state index in [-0.39, 0.29) is 11.6 Å². The molecule has 2 heterocycles. The molecular weight excluding hydrogens is 268 g/mol. The number of carbonyl (C=O) groups excluding carboxylic acids is 2. The second-order valence-corrected chi connectivity index (χ2v) is 4.94. The van der Waals surface area contributed by atoms with Crippen molar-refractivity contribution in [3.05, 3.63) is 23.5 Å². The number of aromatic nitrogens is 1. The van der Waals surface area contributed by atoms with Crippen molar-refractivity contribution < 1.29 is 18.4 Å². The van der Waals surface area contributed by atoms with Crippen LogP contribution < -0.4 is 0 Å². The lowest BCUT2D eigenvalue weighted by Crippen LogP contribution is -2.56. The summed E-state index contributed by atoms with van der Waals surface area (Å²) in [5, 5.41) is 0. The van der Waals surface area contributed by atoms with Crippen molar-refractivity contribution in [2.45, 2.75) is 26.4 Å². The van der Waals surface area contributed by atoms with E-state index in [0.29, 0.717) is 23.4 Å². The van der Waals surface area contributed by atoms with Gasteiger partial charge in [0.25, 0.3) is 5.91 Å². The van der Waals surface area contributed by atoms with Gasteiger partial charge in [-0.2, -0.15) is 8.78 Å². The van der Waals surface area contributed by atoms with Crippen molar-refractivity contribution in [1.82, 2.24) is 14.4 Å². The molecule has 1 atom stereocenters. The zero-order valence-corrected chi connectivity index (χ0v) is 11.6. The lowest BCUT2D eigenvalue weighted by atomic mass is 10.1. The maximum Gasteiger partial charge on any atom is 0.319 e. The minimum absolute atomic E-state index is 0.0818. The molecule has 0 N–H and O–H groups in total. The molecule has 0 unspecified atom stereocenters. The summed E-state index contributed by atoms with van der Waals surface area (Å²) in [6.45, 7) is 1.10. The van der Waals surface area contributed by atoms with E-state index in [9.17, 15) is 18.4 Å². The van der Waals surface area contributed by atoms with E-state index in [4.69, 9.17) is 0 Å². The number of carbonyl (C=O) groups is 2. The Morgan fingerprint density at radius 2 is 2.00 bits per heavy atom. The molecule has 1 aliphatic heterocycles. The second-order valence-electron chi connectivity index (χ2n) is 4.94. The Labute approximate surface area is 115 Å². The first kappa shape index (κ1) is 14.5. The van der Waals surface area contributed by atoms with Gasteiger partial charge < -0.3 is 9.80 Å². The number of rotatable bonds is 2. The van der Waals surface area contributed by atoms with Crippen LogP contribution >= 0.6 is 0 Å². The first-order valence-electron chi connectivity index (χ1n) is 6.36. The highest BCUT2D eigenvalue weighted by molar-refractivity contribution is 5.97. The molecule has 1 saturated heterocycles. The summed E-state index contributed by atoms with van der Waals surface area (Å²) in [5.41, 5.74) is 0.234. The van der Waals surface area contributed by atoms with Crippen molar-refractivity contribution in [3.63, 3.8) is 0 Å². The summed E-state index contributed by atoms with van der Waals surface area (Å²) in [4.78, 5) is 27.2. The standard InChI is InChI=1S/C13H17F2N3O2/c1-8-4-5-10(18(8)13(14)15)12(20)17-7-6-16(3)11(19)9(17)2/h4-5,9,13H,6-7H2,1-3H3/t9-/m1/s1. The number of piperazine rings is 1. The predicted molar refractivity (Wildman–Crippen MR) is 68.6 cm³/mol. The largest absolute Gasteiger partial charge is 0.342 e. The van der Waals surface area contributed by atoms with Crippen LogP contribution in [-0.4, -0.2) is 52.4 Å². The maximum atomic E-state index is 13.0. The van der Waals surface area contributed by atoms with Crippen LogP contribution in [0.3, 0.4) is 0 Å². The molecule has 1 fully saturated rings. The van der Waals surface area contributed by atoms with Crippen LogP contribution in [0, 0.1) is 6.92 Å². The number of hydrogen-bond acceptors (Lipinski definition) is 2. The van der Waals surface area contributed by atoms with Gasteiger partial charge in [0.05, 0.1) is 0 Å². The number of likely N-dealkylation sites (N-methyl/N-ethyl adjacent to an activating group) is 1. The van der Waals surface area contributed by atoms with Gasteiger partial charge in [0.15, 0.2) is 0 Å². The maximum absolute atomic E-state index is 13.0. The van der Waals surface area contributed by atoms with Crippen LogP contribution in [0.1, 0.15) is 29.7 Å². The minimum atomic E-state index is -2.78. The fourth-order valence-corrected chi connectivity index (χ4v) is 2.42. The summed E-state index contributed by atoms with van der Waals surface area (Å²) in [6, 6.07) is 2.21. The molecule has 7 heteroatoms. The monoisotopic (exact) mass is 285 g/mol. The van der Waals surface area contributed by atoms with Gasteiger partial charge in [-0.15, -0.1) is 0 Å². The average Bonchev–Trinajstić information content (AvgIpc) is 2.77. The third-order valence-electron chi connectivity index (χ3n) is 3.67. The van der Waals surface area contributed by atoms with Crippen LogP contribution in [0.4, 0.5) is 8.78 Å². The Bertz CT molecular complexity index is 542. The molecule has 110 valence electrons. The van der Waals surface area contributed by atoms with E-state index >= 15 is 0 Å². The Morgan fingerprint density at radius 3 is 2.60 bits per heavy atom. The molecule has 1 aromatic rings. The zero-order valence-electron chi connectivity index (χ0n) is 11.6. The Kier molecular flexibility index (Phi) is 3.78. The van der Waals surface area contributed by atoms with Gasteiger partial charge in [0.1, 0.15) is 11.7 Å². The van der Waals surface area contributed by atoms with Crippen LogP contribution in [0.5, 0.6) is 0 Å². The molecule has 2 rings (SSSR count). The van der Waals surface area contributed by atoms with Gasteiger partial charge in [0.2, 0.25) is 5.91 Å². The number of nitrogens with zero attached hydrogens (tertiary/aromatic N) is 3. The van der Waals surface area contributed by atoms with Gasteiger partial charge in [0, 0.05) is 25.8 Å². The minimum Gasteiger partial charge on any atom is -0.342 e. The quantitative estimate of drug-likeness (QED) is 0.826. The first-order chi connectivity index (χ1) is 9.34. The van der Waals surface area contributed by atoms with Gasteiger partial charge in [-0.1, -0.05) is 0 Å². The number of hydrogen-bond donors (Lipinski definition) is 0. The molecule has 0 saturated carbocycles. The van der Waals surface area contributed by atoms with Crippen molar-refractivity contribution in [3.8, 4) is 0 Å². The summed E-state index contributed by atoms with van der Waals surface area (Å²) < 4.78 is 26.7. The third-order valence-corrected chi connectivity index (χ3v) is 3.67. The van der Waals surface area contributed by atoms with Gasteiger partial charge >= 0.3 is 6.55 Å². The summed E-state index contributed by atoms with van der Waals surface area (Å²) in [6.07, 6.45) is 0. The molecule has 0 bridgehead atoms. The summed E-state index contributed by atoms with van der Waals surface area (Å²) in [7, 11) is 1.66. The van der Waals surface area contributed by atoms with E-state index in [1.807, 2.05) is 0 Å². The summed E-state index contributed by atoms with van der Waals surface area (Å²) >= 11 is 0. The smallest absolute Gasteiger partial charge is 0.319 e. The molecule has 20 heavy (non-hydrogen) atoms. The molecule has 0 spiro atoms. The molecule has 1 aromatic heterocycles. The van der Waals surface area contributed by atoms with Crippen molar-refractivity contribution in [1.29, 1.82) is 0 Å². The van der Waals surface area contributed by atoms with Gasteiger partial charge in [-0.3, -0.25) is 14.2 Å². The first-order valence-corrected chi connectivity index (χ1v) is 6.36. The molecular formula is C13H17F2N3O2. The fourth-order valence-electron chi connectivity index (χ4n) is 2.42. The highest BCUT2D eigenvalue weighted by Gasteiger charge is 2.34. The Morgan fingerprint density at radius 1 is 1.35 bits per heavy atom. The lowest BCUT2D eigenvalue weighted by Gasteiger charge is -2.37. The molecule has 0 aromatic carbocycles. The van der Waals surface area contributed by atoms with Crippen LogP contribution in [0.25, 0.3) is 0 Å². The Balaban J connectivity index is 2.30. The van der Waals surface area contributed by atoms with E-state index in [2.05, 4.69) is 0 Å². The fraction of sp³-hybridized carbons (Fsp3) is 0.538. The van der Waals surface area contributed by atoms with E-state index in [1.165, 1.54) is 28.9 Å². The molecule has 0 aliphatic carbocycles. The topological polar surface area (TPSA) is 45.6 Å². The molecule has 2 amide bonds. The van der Waals surface area contributed by atoms with Crippen molar-refractivity contribution >= 4 is 11.8 Å². The van der Waals surface area contributed by atoms with Crippen molar-refractivity contribution in [2.24, 2.45) is 0 Å². The summed E-state index contributed by atoms with van der Waals surface area (Å²) in [5.74, 6) is -0.719. The lowest BCUT2D eigenvalue weighted by molar-refractivity contribution is -0.137. The molecule has 1 aliphatic rings. The average molecular weight is 285 g/mol. The normalized spacial score (nSPS) is 19.9. The molecule has 5 nitrogen and oxygen atoms in total. The van der Waals surface area contributed by atoms with Crippen molar-refractivity contribution in [2.75, 3.05) is 20.1 Å². The van der Waals surface area contributed by atoms with E-state index in [0.717, 1.165) is 0 Å². The van der Waals surface area contributed by atoms with E-state index in [1.54, 1.807) is 14.0 Å². The van der Waals surface area contributed by atoms with Crippen LogP contribution in [-0.2, 0) is 4.79 Å². The SMILES string of the molecule is Cc1ccc(C(=O)N2CCN(C)C(=O)[C@H]2C)n1C(F)F. The highest BCUT2D eigenvalue weighted by atomic mass is 19.3. The number of halogens is 2. The highest BCUT2D eigenvalue weighted by Crippen LogP contribution is 2.22. The number of aryl methyl sites for hydroxylation is 1. The van der Waals surface area contributed by atoms with Gasteiger partial charge in [-0.05, 0) is 26.0 Å². The predicted octanol–water partition coefficient (Wildman–Crippen LogP) is 1.49. The third kappa shape index (κ3) is 2.28. The number of alkyl halides is 2. The second kappa shape index (κ2) is 5.22. The van der Waals surface area contributed by atoms with E-state index < -0.39 is 18.5 Å².